The predicted molar refractivity (Wildman–Crippen MR) is 132 cm³/mol. The molecule has 0 spiro atoms. The lowest BCUT2D eigenvalue weighted by molar-refractivity contribution is 0.0655. The predicted octanol–water partition coefficient (Wildman–Crippen LogP) is 4.92. The van der Waals surface area contributed by atoms with Crippen molar-refractivity contribution in [1.82, 2.24) is 19.9 Å². The fourth-order valence-corrected chi connectivity index (χ4v) is 5.10. The Labute approximate surface area is 207 Å². The summed E-state index contributed by atoms with van der Waals surface area (Å²) in [4.78, 5) is 17.2. The van der Waals surface area contributed by atoms with Crippen molar-refractivity contribution in [3.05, 3.63) is 53.6 Å². The van der Waals surface area contributed by atoms with Crippen LogP contribution < -0.4 is 9.47 Å². The number of nitrogens with one attached hydrogen (secondary N) is 1. The smallest absolute Gasteiger partial charge is 0.296 e. The fraction of sp³-hybridized carbons (Fsp3) is 0.346. The van der Waals surface area contributed by atoms with E-state index in [2.05, 4.69) is 15.0 Å². The molecule has 6 rings (SSSR count). The number of H-pyrrole nitrogens is 1. The van der Waals surface area contributed by atoms with Gasteiger partial charge in [0, 0.05) is 24.7 Å². The van der Waals surface area contributed by atoms with E-state index in [1.165, 1.54) is 0 Å². The van der Waals surface area contributed by atoms with Crippen LogP contribution in [0.15, 0.2) is 48.5 Å². The number of nitrogens with zero attached hydrogens (tertiary/aromatic N) is 3. The van der Waals surface area contributed by atoms with E-state index in [4.69, 9.17) is 35.5 Å². The van der Waals surface area contributed by atoms with Gasteiger partial charge in [-0.1, -0.05) is 41.9 Å². The maximum Gasteiger partial charge on any atom is 0.296 e. The standard InChI is InChI=1S/C26H25ClN4O4/c1-32-25-17(7-8-19(28-25)15-5-3-2-4-6-15)23-18(27)13-20-24(30-23)31-26(29-20)35-22-14-34-21-10-12-33-11-9-16(21)22/h2-8,13,16,21-22H,9-12,14H2,1H3,(H,29,30,31)/t16-,21-,22?/m1/s1. The molecule has 9 heteroatoms. The fourth-order valence-electron chi connectivity index (χ4n) is 4.85. The molecule has 8 nitrogen and oxygen atoms in total. The van der Waals surface area contributed by atoms with Crippen molar-refractivity contribution in [2.45, 2.75) is 25.0 Å². The summed E-state index contributed by atoms with van der Waals surface area (Å²) in [5.41, 5.74) is 4.25. The number of hydrogen-bond acceptors (Lipinski definition) is 7. The summed E-state index contributed by atoms with van der Waals surface area (Å²) in [7, 11) is 1.59. The Morgan fingerprint density at radius 3 is 2.74 bits per heavy atom. The lowest BCUT2D eigenvalue weighted by Crippen LogP contribution is -2.29. The van der Waals surface area contributed by atoms with Gasteiger partial charge in [0.05, 0.1) is 47.3 Å². The van der Waals surface area contributed by atoms with E-state index >= 15 is 0 Å². The van der Waals surface area contributed by atoms with Gasteiger partial charge >= 0.3 is 0 Å². The summed E-state index contributed by atoms with van der Waals surface area (Å²) in [5.74, 6) is 0.730. The number of benzene rings is 1. The quantitative estimate of drug-likeness (QED) is 0.422. The second-order valence-corrected chi connectivity index (χ2v) is 9.14. The van der Waals surface area contributed by atoms with E-state index in [0.29, 0.717) is 45.9 Å². The highest BCUT2D eigenvalue weighted by Crippen LogP contribution is 2.36. The van der Waals surface area contributed by atoms with E-state index in [-0.39, 0.29) is 18.1 Å². The van der Waals surface area contributed by atoms with Crippen molar-refractivity contribution in [2.24, 2.45) is 5.92 Å². The van der Waals surface area contributed by atoms with Crippen molar-refractivity contribution in [1.29, 1.82) is 0 Å². The molecule has 5 heterocycles. The summed E-state index contributed by atoms with van der Waals surface area (Å²) < 4.78 is 23.4. The highest BCUT2D eigenvalue weighted by atomic mass is 35.5. The molecule has 0 radical (unpaired) electrons. The first kappa shape index (κ1) is 22.3. The SMILES string of the molecule is COc1nc(-c2ccccc2)ccc1-c1nc2nc(OC3CO[C@@H]4CCOCC[C@@H]34)[nH]c2cc1Cl. The maximum absolute atomic E-state index is 6.64. The molecule has 2 aliphatic heterocycles. The van der Waals surface area contributed by atoms with Gasteiger partial charge in [-0.25, -0.2) is 9.97 Å². The molecule has 35 heavy (non-hydrogen) atoms. The van der Waals surface area contributed by atoms with Crippen LogP contribution in [0.1, 0.15) is 12.8 Å². The van der Waals surface area contributed by atoms with Gasteiger partial charge in [-0.2, -0.15) is 4.98 Å². The molecule has 1 N–H and O–H groups in total. The molecule has 0 saturated carbocycles. The first-order valence-electron chi connectivity index (χ1n) is 11.7. The summed E-state index contributed by atoms with van der Waals surface area (Å²) in [6.07, 6.45) is 1.90. The molecule has 2 fully saturated rings. The first-order chi connectivity index (χ1) is 17.2. The number of aromatic nitrogens is 4. The highest BCUT2D eigenvalue weighted by Gasteiger charge is 2.40. The van der Waals surface area contributed by atoms with Crippen LogP contribution in [0.5, 0.6) is 11.9 Å². The Kier molecular flexibility index (Phi) is 6.01. The molecule has 0 bridgehead atoms. The second kappa shape index (κ2) is 9.45. The van der Waals surface area contributed by atoms with Gasteiger partial charge in [0.1, 0.15) is 6.10 Å². The van der Waals surface area contributed by atoms with Crippen LogP contribution in [0.25, 0.3) is 33.7 Å². The summed E-state index contributed by atoms with van der Waals surface area (Å²) in [6.45, 7) is 2.00. The average molecular weight is 493 g/mol. The van der Waals surface area contributed by atoms with Crippen LogP contribution in [-0.4, -0.2) is 59.1 Å². The summed E-state index contributed by atoms with van der Waals surface area (Å²) in [6, 6.07) is 16.0. The minimum absolute atomic E-state index is 0.0768. The van der Waals surface area contributed by atoms with Gasteiger partial charge in [0.2, 0.25) is 5.88 Å². The molecule has 3 aromatic heterocycles. The van der Waals surface area contributed by atoms with E-state index < -0.39 is 0 Å². The van der Waals surface area contributed by atoms with Gasteiger partial charge in [-0.3, -0.25) is 0 Å². The summed E-state index contributed by atoms with van der Waals surface area (Å²) >= 11 is 6.64. The molecule has 4 aromatic rings. The number of fused-ring (bicyclic) bond motifs is 2. The zero-order chi connectivity index (χ0) is 23.8. The van der Waals surface area contributed by atoms with Crippen molar-refractivity contribution < 1.29 is 18.9 Å². The number of imidazole rings is 1. The van der Waals surface area contributed by atoms with Crippen LogP contribution in [0.4, 0.5) is 0 Å². The van der Waals surface area contributed by atoms with Gasteiger partial charge < -0.3 is 23.9 Å². The first-order valence-corrected chi connectivity index (χ1v) is 12.1. The third-order valence-electron chi connectivity index (χ3n) is 6.62. The number of halogens is 1. The third kappa shape index (κ3) is 4.33. The van der Waals surface area contributed by atoms with Crippen LogP contribution >= 0.6 is 11.6 Å². The zero-order valence-corrected chi connectivity index (χ0v) is 20.0. The maximum atomic E-state index is 6.64. The molecule has 180 valence electrons. The average Bonchev–Trinajstić information content (AvgIpc) is 3.37. The Bertz CT molecular complexity index is 1350. The van der Waals surface area contributed by atoms with Crippen LogP contribution in [-0.2, 0) is 9.47 Å². The molecule has 1 aromatic carbocycles. The lowest BCUT2D eigenvalue weighted by atomic mass is 9.94. The number of hydrogen-bond donors (Lipinski definition) is 1. The Morgan fingerprint density at radius 2 is 1.89 bits per heavy atom. The van der Waals surface area contributed by atoms with Gasteiger partial charge in [0.25, 0.3) is 6.01 Å². The second-order valence-electron chi connectivity index (χ2n) is 8.73. The van der Waals surface area contributed by atoms with E-state index in [9.17, 15) is 0 Å². The molecule has 2 saturated heterocycles. The van der Waals surface area contributed by atoms with Gasteiger partial charge in [0.15, 0.2) is 5.65 Å². The van der Waals surface area contributed by atoms with Crippen LogP contribution in [0.2, 0.25) is 5.02 Å². The number of rotatable bonds is 5. The number of ether oxygens (including phenoxy) is 4. The highest BCUT2D eigenvalue weighted by molar-refractivity contribution is 6.33. The van der Waals surface area contributed by atoms with Crippen LogP contribution in [0.3, 0.4) is 0 Å². The van der Waals surface area contributed by atoms with E-state index in [0.717, 1.165) is 37.3 Å². The Morgan fingerprint density at radius 1 is 1.03 bits per heavy atom. The number of methoxy groups -OCH3 is 1. The molecule has 0 aliphatic carbocycles. The van der Waals surface area contributed by atoms with Gasteiger partial charge in [-0.15, -0.1) is 0 Å². The van der Waals surface area contributed by atoms with Gasteiger partial charge in [-0.05, 0) is 31.0 Å². The van der Waals surface area contributed by atoms with E-state index in [1.807, 2.05) is 42.5 Å². The lowest BCUT2D eigenvalue weighted by Gasteiger charge is -2.19. The molecule has 3 atom stereocenters. The van der Waals surface area contributed by atoms with Crippen molar-refractivity contribution >= 4 is 22.8 Å². The largest absolute Gasteiger partial charge is 0.480 e. The Balaban J connectivity index is 1.30. The van der Waals surface area contributed by atoms with E-state index in [1.54, 1.807) is 13.2 Å². The van der Waals surface area contributed by atoms with Crippen molar-refractivity contribution in [3.8, 4) is 34.4 Å². The summed E-state index contributed by atoms with van der Waals surface area (Å²) in [5, 5.41) is 0.463. The topological polar surface area (TPSA) is 91.4 Å². The third-order valence-corrected chi connectivity index (χ3v) is 6.91. The molecule has 1 unspecified atom stereocenters. The zero-order valence-electron chi connectivity index (χ0n) is 19.2. The van der Waals surface area contributed by atoms with Crippen LogP contribution in [0, 0.1) is 5.92 Å². The molecular formula is C26H25ClN4O4. The molecule has 0 amide bonds. The minimum Gasteiger partial charge on any atom is -0.480 e. The normalized spacial score (nSPS) is 22.1. The molecular weight excluding hydrogens is 468 g/mol. The van der Waals surface area contributed by atoms with Crippen molar-refractivity contribution in [3.63, 3.8) is 0 Å². The van der Waals surface area contributed by atoms with Crippen molar-refractivity contribution in [2.75, 3.05) is 26.9 Å². The Hall–Kier alpha value is -3.20. The minimum atomic E-state index is -0.0768. The molecule has 2 aliphatic rings. The number of pyridine rings is 2. The number of aromatic amines is 1. The monoisotopic (exact) mass is 492 g/mol.